The average Bonchev–Trinajstić information content (AvgIpc) is 2.69. The van der Waals surface area contributed by atoms with Crippen molar-refractivity contribution in [3.05, 3.63) is 59.9 Å². The highest BCUT2D eigenvalue weighted by Crippen LogP contribution is 2.15. The van der Waals surface area contributed by atoms with Gasteiger partial charge in [-0.25, -0.2) is 4.39 Å². The summed E-state index contributed by atoms with van der Waals surface area (Å²) in [5.74, 6) is 0.608. The van der Waals surface area contributed by atoms with Crippen molar-refractivity contribution in [2.75, 3.05) is 44.2 Å². The molecule has 2 N–H and O–H groups in total. The Morgan fingerprint density at radius 2 is 1.74 bits per heavy atom. The van der Waals surface area contributed by atoms with E-state index in [4.69, 9.17) is 4.74 Å². The molecule has 0 unspecified atom stereocenters. The van der Waals surface area contributed by atoms with Crippen LogP contribution in [0.15, 0.2) is 48.5 Å². The van der Waals surface area contributed by atoms with Crippen LogP contribution in [0.4, 0.5) is 10.1 Å². The molecule has 0 aromatic heterocycles. The summed E-state index contributed by atoms with van der Waals surface area (Å²) in [6.07, 6.45) is 1.74. The SMILES string of the molecule is CCCc1ccc(OC[C@H](O)C[NH+]2CCN(c3ccc(F)cc3)CC2)cc1. The van der Waals surface area contributed by atoms with Crippen molar-refractivity contribution in [1.29, 1.82) is 0 Å². The van der Waals surface area contributed by atoms with Crippen LogP contribution in [-0.2, 0) is 6.42 Å². The molecule has 1 aliphatic rings. The molecule has 1 aliphatic heterocycles. The molecule has 5 heteroatoms. The van der Waals surface area contributed by atoms with Gasteiger partial charge in [-0.05, 0) is 48.4 Å². The lowest BCUT2D eigenvalue weighted by Gasteiger charge is -2.34. The lowest BCUT2D eigenvalue weighted by Crippen LogP contribution is -3.16. The Balaban J connectivity index is 1.38. The first-order chi connectivity index (χ1) is 13.1. The molecule has 0 spiro atoms. The fourth-order valence-electron chi connectivity index (χ4n) is 3.56. The van der Waals surface area contributed by atoms with Crippen molar-refractivity contribution < 1.29 is 19.1 Å². The summed E-state index contributed by atoms with van der Waals surface area (Å²) in [6, 6.07) is 14.8. The largest absolute Gasteiger partial charge is 0.491 e. The highest BCUT2D eigenvalue weighted by molar-refractivity contribution is 5.46. The second-order valence-corrected chi connectivity index (χ2v) is 7.28. The summed E-state index contributed by atoms with van der Waals surface area (Å²) in [7, 11) is 0. The molecule has 0 aliphatic carbocycles. The van der Waals surface area contributed by atoms with Gasteiger partial charge < -0.3 is 19.6 Å². The van der Waals surface area contributed by atoms with Crippen molar-refractivity contribution in [3.8, 4) is 5.75 Å². The second-order valence-electron chi connectivity index (χ2n) is 7.28. The molecule has 0 amide bonds. The van der Waals surface area contributed by atoms with Crippen LogP contribution < -0.4 is 14.5 Å². The van der Waals surface area contributed by atoms with Gasteiger partial charge in [-0.1, -0.05) is 25.5 Å². The maximum absolute atomic E-state index is 13.0. The van der Waals surface area contributed by atoms with Gasteiger partial charge in [-0.2, -0.15) is 0 Å². The van der Waals surface area contributed by atoms with Crippen LogP contribution in [0.3, 0.4) is 0 Å². The summed E-state index contributed by atoms with van der Waals surface area (Å²) in [5, 5.41) is 10.3. The topological polar surface area (TPSA) is 37.1 Å². The third-order valence-corrected chi connectivity index (χ3v) is 5.09. The van der Waals surface area contributed by atoms with Crippen molar-refractivity contribution in [1.82, 2.24) is 0 Å². The second kappa shape index (κ2) is 9.72. The van der Waals surface area contributed by atoms with Gasteiger partial charge in [0, 0.05) is 5.69 Å². The number of rotatable bonds is 8. The molecule has 4 nitrogen and oxygen atoms in total. The van der Waals surface area contributed by atoms with E-state index in [9.17, 15) is 9.50 Å². The summed E-state index contributed by atoms with van der Waals surface area (Å²) >= 11 is 0. The zero-order chi connectivity index (χ0) is 19.1. The van der Waals surface area contributed by atoms with Gasteiger partial charge in [0.2, 0.25) is 0 Å². The Hall–Kier alpha value is -2.11. The van der Waals surface area contributed by atoms with Crippen molar-refractivity contribution >= 4 is 5.69 Å². The minimum atomic E-state index is -0.479. The average molecular weight is 373 g/mol. The van der Waals surface area contributed by atoms with Gasteiger partial charge in [0.1, 0.15) is 30.8 Å². The minimum absolute atomic E-state index is 0.203. The number of nitrogens with one attached hydrogen (secondary N) is 1. The molecule has 0 bridgehead atoms. The fraction of sp³-hybridized carbons (Fsp3) is 0.455. The van der Waals surface area contributed by atoms with Gasteiger partial charge in [0.05, 0.1) is 26.2 Å². The highest BCUT2D eigenvalue weighted by Gasteiger charge is 2.22. The summed E-state index contributed by atoms with van der Waals surface area (Å²) in [4.78, 5) is 3.65. The normalized spacial score (nSPS) is 16.3. The van der Waals surface area contributed by atoms with Gasteiger partial charge in [0.25, 0.3) is 0 Å². The number of piperazine rings is 1. The number of aliphatic hydroxyl groups is 1. The molecule has 2 aromatic rings. The van der Waals surface area contributed by atoms with Crippen molar-refractivity contribution in [2.24, 2.45) is 0 Å². The van der Waals surface area contributed by atoms with E-state index in [1.807, 2.05) is 24.3 Å². The van der Waals surface area contributed by atoms with Crippen molar-refractivity contribution in [2.45, 2.75) is 25.9 Å². The third kappa shape index (κ3) is 5.94. The van der Waals surface area contributed by atoms with Gasteiger partial charge in [0.15, 0.2) is 0 Å². The predicted molar refractivity (Wildman–Crippen MR) is 106 cm³/mol. The lowest BCUT2D eigenvalue weighted by molar-refractivity contribution is -0.903. The summed E-state index contributed by atoms with van der Waals surface area (Å²) in [6.45, 7) is 6.91. The van der Waals surface area contributed by atoms with Crippen LogP contribution in [-0.4, -0.2) is 50.5 Å². The maximum atomic E-state index is 13.0. The number of hydrogen-bond acceptors (Lipinski definition) is 3. The Morgan fingerprint density at radius 1 is 1.07 bits per heavy atom. The predicted octanol–water partition coefficient (Wildman–Crippen LogP) is 1.92. The van der Waals surface area contributed by atoms with Crippen LogP contribution in [0.25, 0.3) is 0 Å². The van der Waals surface area contributed by atoms with Crippen LogP contribution in [0.5, 0.6) is 5.75 Å². The molecule has 2 aromatic carbocycles. The first-order valence-corrected chi connectivity index (χ1v) is 9.88. The molecule has 1 atom stereocenters. The van der Waals surface area contributed by atoms with Crippen LogP contribution in [0.2, 0.25) is 0 Å². The number of nitrogens with zero attached hydrogens (tertiary/aromatic N) is 1. The van der Waals surface area contributed by atoms with E-state index in [1.165, 1.54) is 22.6 Å². The monoisotopic (exact) mass is 373 g/mol. The van der Waals surface area contributed by atoms with Crippen molar-refractivity contribution in [3.63, 3.8) is 0 Å². The molecular formula is C22H30FN2O2+. The Morgan fingerprint density at radius 3 is 2.37 bits per heavy atom. The maximum Gasteiger partial charge on any atom is 0.137 e. The van der Waals surface area contributed by atoms with Gasteiger partial charge >= 0.3 is 0 Å². The third-order valence-electron chi connectivity index (χ3n) is 5.09. The molecule has 3 rings (SSSR count). The lowest BCUT2D eigenvalue weighted by atomic mass is 10.1. The smallest absolute Gasteiger partial charge is 0.137 e. The van der Waals surface area contributed by atoms with E-state index in [-0.39, 0.29) is 5.82 Å². The number of hydrogen-bond donors (Lipinski definition) is 2. The molecule has 146 valence electrons. The van der Waals surface area contributed by atoms with Gasteiger partial charge in [-0.3, -0.25) is 0 Å². The standard InChI is InChI=1S/C22H29FN2O2/c1-2-3-18-4-10-22(11-5-18)27-17-21(26)16-24-12-14-25(15-13-24)20-8-6-19(23)7-9-20/h4-11,21,26H,2-3,12-17H2,1H3/p+1/t21-/m1/s1. The van der Waals surface area contributed by atoms with E-state index in [0.717, 1.165) is 50.5 Å². The fourth-order valence-corrected chi connectivity index (χ4v) is 3.56. The first kappa shape index (κ1) is 19.6. The Kier molecular flexibility index (Phi) is 7.07. The Labute approximate surface area is 161 Å². The zero-order valence-electron chi connectivity index (χ0n) is 16.0. The van der Waals surface area contributed by atoms with Crippen LogP contribution in [0, 0.1) is 5.82 Å². The molecule has 0 radical (unpaired) electrons. The summed E-state index contributed by atoms with van der Waals surface area (Å²) < 4.78 is 18.8. The number of anilines is 1. The highest BCUT2D eigenvalue weighted by atomic mass is 19.1. The van der Waals surface area contributed by atoms with Crippen LogP contribution >= 0.6 is 0 Å². The number of benzene rings is 2. The van der Waals surface area contributed by atoms with E-state index >= 15 is 0 Å². The van der Waals surface area contributed by atoms with E-state index in [0.29, 0.717) is 13.2 Å². The number of ether oxygens (including phenoxy) is 1. The molecule has 0 saturated carbocycles. The van der Waals surface area contributed by atoms with E-state index in [1.54, 1.807) is 0 Å². The van der Waals surface area contributed by atoms with Crippen LogP contribution in [0.1, 0.15) is 18.9 Å². The summed E-state index contributed by atoms with van der Waals surface area (Å²) in [5.41, 5.74) is 2.37. The minimum Gasteiger partial charge on any atom is -0.491 e. The van der Waals surface area contributed by atoms with E-state index in [2.05, 4.69) is 24.0 Å². The number of halogens is 1. The first-order valence-electron chi connectivity index (χ1n) is 9.88. The number of quaternary nitrogens is 1. The molecule has 1 fully saturated rings. The van der Waals surface area contributed by atoms with E-state index < -0.39 is 6.10 Å². The number of aryl methyl sites for hydroxylation is 1. The zero-order valence-corrected chi connectivity index (χ0v) is 16.0. The molecule has 1 heterocycles. The van der Waals surface area contributed by atoms with Gasteiger partial charge in [-0.15, -0.1) is 0 Å². The number of aliphatic hydroxyl groups excluding tert-OH is 1. The quantitative estimate of drug-likeness (QED) is 0.742. The molecule has 1 saturated heterocycles. The molecule has 27 heavy (non-hydrogen) atoms. The Bertz CT molecular complexity index is 682. The molecular weight excluding hydrogens is 343 g/mol.